The van der Waals surface area contributed by atoms with Crippen molar-refractivity contribution in [1.29, 1.82) is 0 Å². The summed E-state index contributed by atoms with van der Waals surface area (Å²) >= 11 is 0. The van der Waals surface area contributed by atoms with Crippen molar-refractivity contribution in [2.75, 3.05) is 0 Å². The molecule has 0 bridgehead atoms. The summed E-state index contributed by atoms with van der Waals surface area (Å²) in [6.45, 7) is 7.50. The molecule has 2 atom stereocenters. The Balaban J connectivity index is 1.23. The molecule has 2 heterocycles. The van der Waals surface area contributed by atoms with E-state index in [1.165, 1.54) is 77.6 Å². The molecule has 2 unspecified atom stereocenters. The molecule has 10 rings (SSSR count). The van der Waals surface area contributed by atoms with Gasteiger partial charge in [0.15, 0.2) is 0 Å². The first-order valence-electron chi connectivity index (χ1n) is 18.8. The monoisotopic (exact) mass is 686 g/mol. The van der Waals surface area contributed by atoms with Crippen LogP contribution in [0.15, 0.2) is 152 Å². The molecule has 53 heavy (non-hydrogen) atoms. The van der Waals surface area contributed by atoms with Crippen molar-refractivity contribution >= 4 is 40.3 Å². The largest absolute Gasteiger partial charge is 0.427 e. The molecule has 1 N–H and O–H groups in total. The van der Waals surface area contributed by atoms with Crippen molar-refractivity contribution in [3.05, 3.63) is 185 Å². The molecule has 0 fully saturated rings. The fourth-order valence-corrected chi connectivity index (χ4v) is 9.10. The number of benzene rings is 6. The Morgan fingerprint density at radius 1 is 0.717 bits per heavy atom. The molecule has 4 heteroatoms. The molecule has 6 aromatic carbocycles. The molecule has 7 aromatic rings. The van der Waals surface area contributed by atoms with Crippen LogP contribution < -0.4 is 5.46 Å². The van der Waals surface area contributed by atoms with E-state index in [9.17, 15) is 5.11 Å². The third-order valence-electron chi connectivity index (χ3n) is 12.5. The zero-order valence-corrected chi connectivity index (χ0v) is 30.6. The normalized spacial score (nSPS) is 18.6. The van der Waals surface area contributed by atoms with Gasteiger partial charge in [0, 0.05) is 16.7 Å². The van der Waals surface area contributed by atoms with E-state index in [1.807, 2.05) is 21.3 Å². The highest BCUT2D eigenvalue weighted by Crippen LogP contribution is 2.61. The average molecular weight is 687 g/mol. The summed E-state index contributed by atoms with van der Waals surface area (Å²) in [6.07, 6.45) is 8.02. The fourth-order valence-electron chi connectivity index (χ4n) is 9.10. The van der Waals surface area contributed by atoms with Gasteiger partial charge in [0.05, 0.1) is 33.3 Å². The van der Waals surface area contributed by atoms with Crippen LogP contribution in [0.3, 0.4) is 0 Å². The molecule has 0 saturated carbocycles. The Kier molecular flexibility index (Phi) is 7.02. The predicted molar refractivity (Wildman–Crippen MR) is 219 cm³/mol. The Labute approximate surface area is 312 Å². The van der Waals surface area contributed by atoms with Crippen LogP contribution in [-0.2, 0) is 10.1 Å². The van der Waals surface area contributed by atoms with Gasteiger partial charge in [-0.05, 0) is 108 Å². The van der Waals surface area contributed by atoms with Crippen molar-refractivity contribution in [2.45, 2.75) is 56.7 Å². The van der Waals surface area contributed by atoms with Crippen LogP contribution in [0.25, 0.3) is 44.2 Å². The lowest BCUT2D eigenvalue weighted by Gasteiger charge is -2.39. The van der Waals surface area contributed by atoms with Gasteiger partial charge in [-0.25, -0.2) is 0 Å². The van der Waals surface area contributed by atoms with Gasteiger partial charge in [0.25, 0.3) is 0 Å². The number of aromatic nitrogens is 1. The SMILES string of the molecule is CC(C)(O)C(C)(C)O[B]c1cccc2c1-c1cc(C3=CCC(c4ccccc4)C=C3)ccc1C21c2ccccc2-n2c3ccccc3c3cccc1c32. The molecule has 1 aliphatic heterocycles. The minimum Gasteiger partial charge on any atom is -0.427 e. The van der Waals surface area contributed by atoms with Crippen molar-refractivity contribution in [2.24, 2.45) is 0 Å². The van der Waals surface area contributed by atoms with E-state index in [0.717, 1.165) is 11.9 Å². The third-order valence-corrected chi connectivity index (χ3v) is 12.5. The van der Waals surface area contributed by atoms with E-state index >= 15 is 0 Å². The summed E-state index contributed by atoms with van der Waals surface area (Å²) in [6, 6.07) is 49.2. The van der Waals surface area contributed by atoms with Crippen LogP contribution in [0.2, 0.25) is 0 Å². The highest BCUT2D eigenvalue weighted by molar-refractivity contribution is 6.50. The number of allylic oxidation sites excluding steroid dienone is 4. The topological polar surface area (TPSA) is 34.4 Å². The van der Waals surface area contributed by atoms with Crippen LogP contribution >= 0.6 is 0 Å². The molecular weight excluding hydrogens is 645 g/mol. The van der Waals surface area contributed by atoms with Crippen LogP contribution in [0.5, 0.6) is 0 Å². The van der Waals surface area contributed by atoms with Gasteiger partial charge >= 0.3 is 7.48 Å². The van der Waals surface area contributed by atoms with Gasteiger partial charge in [-0.1, -0.05) is 133 Å². The van der Waals surface area contributed by atoms with E-state index in [1.54, 1.807) is 13.8 Å². The maximum Gasteiger partial charge on any atom is 0.331 e. The maximum absolute atomic E-state index is 11.0. The molecule has 1 spiro atoms. The number of hydrogen-bond donors (Lipinski definition) is 1. The summed E-state index contributed by atoms with van der Waals surface area (Å²) in [5.41, 5.74) is 13.5. The molecule has 1 radical (unpaired) electrons. The summed E-state index contributed by atoms with van der Waals surface area (Å²) in [5.74, 6) is 0.377. The number of aliphatic hydroxyl groups is 1. The summed E-state index contributed by atoms with van der Waals surface area (Å²) in [7, 11) is 1.88. The number of para-hydroxylation sites is 3. The summed E-state index contributed by atoms with van der Waals surface area (Å²) < 4.78 is 9.00. The number of hydrogen-bond acceptors (Lipinski definition) is 2. The van der Waals surface area contributed by atoms with E-state index in [4.69, 9.17) is 4.65 Å². The van der Waals surface area contributed by atoms with Crippen molar-refractivity contribution < 1.29 is 9.76 Å². The number of fused-ring (bicyclic) bond motifs is 12. The molecule has 3 aliphatic rings. The van der Waals surface area contributed by atoms with E-state index < -0.39 is 16.6 Å². The van der Waals surface area contributed by atoms with Gasteiger partial charge in [-0.15, -0.1) is 0 Å². The van der Waals surface area contributed by atoms with Crippen molar-refractivity contribution in [3.63, 3.8) is 0 Å². The van der Waals surface area contributed by atoms with Crippen LogP contribution in [-0.4, -0.2) is 28.4 Å². The molecule has 257 valence electrons. The van der Waals surface area contributed by atoms with Gasteiger partial charge in [0.2, 0.25) is 0 Å². The minimum atomic E-state index is -1.05. The lowest BCUT2D eigenvalue weighted by molar-refractivity contribution is -0.0893. The van der Waals surface area contributed by atoms with Crippen LogP contribution in [0.4, 0.5) is 0 Å². The summed E-state index contributed by atoms with van der Waals surface area (Å²) in [4.78, 5) is 0. The Hall–Kier alpha value is -5.42. The summed E-state index contributed by atoms with van der Waals surface area (Å²) in [5, 5.41) is 13.6. The Morgan fingerprint density at radius 3 is 2.25 bits per heavy atom. The molecule has 0 amide bonds. The predicted octanol–water partition coefficient (Wildman–Crippen LogP) is 10.4. The quantitative estimate of drug-likeness (QED) is 0.177. The lowest BCUT2D eigenvalue weighted by atomic mass is 9.65. The second kappa shape index (κ2) is 11.5. The van der Waals surface area contributed by atoms with Crippen LogP contribution in [0, 0.1) is 0 Å². The van der Waals surface area contributed by atoms with Gasteiger partial charge in [-0.3, -0.25) is 0 Å². The molecule has 0 saturated heterocycles. The van der Waals surface area contributed by atoms with Crippen molar-refractivity contribution in [1.82, 2.24) is 4.57 Å². The molecule has 2 aliphatic carbocycles. The smallest absolute Gasteiger partial charge is 0.331 e. The standard InChI is InChI=1S/C49H41BNO2/c1-47(2,52)48(3,4)53-50-42-21-13-19-40-45(42)37-30-34(33-26-24-32(25-27-33)31-14-6-5-7-15-31)28-29-38(37)49(40)39-18-9-11-23-44(39)51-43-22-10-8-16-35(43)36-17-12-20-41(49)46(36)51/h5-24,26-30,32,52H,25H2,1-4H3. The Bertz CT molecular complexity index is 2670. The Morgan fingerprint density at radius 2 is 1.43 bits per heavy atom. The highest BCUT2D eigenvalue weighted by atomic mass is 16.5. The average Bonchev–Trinajstić information content (AvgIpc) is 3.68. The first-order valence-corrected chi connectivity index (χ1v) is 18.8. The van der Waals surface area contributed by atoms with Crippen molar-refractivity contribution in [3.8, 4) is 16.8 Å². The number of rotatable bonds is 6. The van der Waals surface area contributed by atoms with Gasteiger partial charge in [-0.2, -0.15) is 0 Å². The zero-order valence-electron chi connectivity index (χ0n) is 30.6. The second-order valence-electron chi connectivity index (χ2n) is 15.9. The second-order valence-corrected chi connectivity index (χ2v) is 15.9. The fraction of sp³-hybridized carbons (Fsp3) is 0.184. The lowest BCUT2D eigenvalue weighted by Crippen LogP contribution is -2.49. The maximum atomic E-state index is 11.0. The van der Waals surface area contributed by atoms with Crippen LogP contribution in [0.1, 0.15) is 73.4 Å². The minimum absolute atomic E-state index is 0.377. The first-order chi connectivity index (χ1) is 25.7. The number of nitrogens with zero attached hydrogens (tertiary/aromatic N) is 1. The van der Waals surface area contributed by atoms with E-state index in [0.29, 0.717) is 5.92 Å². The third kappa shape index (κ3) is 4.55. The molecule has 3 nitrogen and oxygen atoms in total. The first kappa shape index (κ1) is 32.3. The van der Waals surface area contributed by atoms with Gasteiger partial charge < -0.3 is 14.3 Å². The van der Waals surface area contributed by atoms with E-state index in [2.05, 4.69) is 156 Å². The molecule has 1 aromatic heterocycles. The molecular formula is C49H41BNO2. The van der Waals surface area contributed by atoms with Gasteiger partial charge in [0.1, 0.15) is 0 Å². The van der Waals surface area contributed by atoms with E-state index in [-0.39, 0.29) is 0 Å². The zero-order chi connectivity index (χ0) is 36.1. The highest BCUT2D eigenvalue weighted by Gasteiger charge is 2.51.